The number of benzene rings is 4. The molecule has 260 valence electrons. The minimum Gasteiger partial charge on any atom is -0.509 e. The summed E-state index contributed by atoms with van der Waals surface area (Å²) >= 11 is 0. The van der Waals surface area contributed by atoms with Crippen LogP contribution in [0.25, 0.3) is 44.4 Å². The first-order valence-electron chi connectivity index (χ1n) is 17.4. The Morgan fingerprint density at radius 1 is 0.824 bits per heavy atom. The van der Waals surface area contributed by atoms with Crippen LogP contribution in [-0.2, 0) is 25.8 Å². The third-order valence-corrected chi connectivity index (χ3v) is 9.27. The molecule has 0 radical (unpaired) electrons. The number of aryl methyl sites for hydroxylation is 1. The van der Waals surface area contributed by atoms with Gasteiger partial charge in [0, 0.05) is 29.1 Å². The van der Waals surface area contributed by atoms with E-state index >= 15 is 0 Å². The standard InChI is InChI=1S/C43H40N4O3.Pt/c1-29-23-24-44-39(25-29)46-37-20-11-10-19-35(37)36-22-21-34(27-38(36)46)50-33-18-12-17-32(26-33)47-41(31-15-8-9-16-31)40(30-13-6-5-7-14-30)42(45-47)48-28-49-43(2,3)4;/h5-7,10-14,17-25,31H,8-9,15-16,28H2,1-4H3;/q-2;+2. The minimum atomic E-state index is -0.339. The van der Waals surface area contributed by atoms with Gasteiger partial charge < -0.3 is 18.8 Å². The van der Waals surface area contributed by atoms with E-state index in [0.717, 1.165) is 68.5 Å². The fraction of sp³-hybridized carbons (Fsp3) is 0.256. The van der Waals surface area contributed by atoms with Crippen LogP contribution in [-0.4, -0.2) is 31.7 Å². The van der Waals surface area contributed by atoms with Crippen molar-refractivity contribution in [1.82, 2.24) is 19.3 Å². The summed E-state index contributed by atoms with van der Waals surface area (Å²) in [6.07, 6.45) is 6.41. The zero-order chi connectivity index (χ0) is 34.2. The van der Waals surface area contributed by atoms with E-state index in [0.29, 0.717) is 23.3 Å². The molecule has 0 aliphatic heterocycles. The number of rotatable bonds is 9. The molecular formula is C43H40N4O3Pt. The van der Waals surface area contributed by atoms with Crippen LogP contribution < -0.4 is 9.47 Å². The Bertz CT molecular complexity index is 2300. The molecule has 51 heavy (non-hydrogen) atoms. The molecule has 1 fully saturated rings. The molecule has 8 heteroatoms. The molecule has 3 heterocycles. The summed E-state index contributed by atoms with van der Waals surface area (Å²) in [6, 6.07) is 40.0. The van der Waals surface area contributed by atoms with Gasteiger partial charge in [0.25, 0.3) is 0 Å². The van der Waals surface area contributed by atoms with Gasteiger partial charge in [0.05, 0.1) is 16.9 Å². The molecule has 0 saturated heterocycles. The predicted molar refractivity (Wildman–Crippen MR) is 198 cm³/mol. The number of aromatic nitrogens is 4. The van der Waals surface area contributed by atoms with Crippen molar-refractivity contribution in [2.75, 3.05) is 6.79 Å². The largest absolute Gasteiger partial charge is 2.00 e. The van der Waals surface area contributed by atoms with Crippen LogP contribution in [0.4, 0.5) is 0 Å². The summed E-state index contributed by atoms with van der Waals surface area (Å²) in [5.74, 6) is 2.90. The fourth-order valence-electron chi connectivity index (χ4n) is 6.96. The van der Waals surface area contributed by atoms with Crippen molar-refractivity contribution in [3.8, 4) is 40.0 Å². The van der Waals surface area contributed by atoms with Crippen LogP contribution in [0.5, 0.6) is 17.4 Å². The number of fused-ring (bicyclic) bond motifs is 3. The van der Waals surface area contributed by atoms with E-state index in [1.807, 2.05) is 68.0 Å². The third-order valence-electron chi connectivity index (χ3n) is 9.27. The van der Waals surface area contributed by atoms with Crippen LogP contribution in [0.1, 0.15) is 63.6 Å². The summed E-state index contributed by atoms with van der Waals surface area (Å²) in [5.41, 5.74) is 6.77. The van der Waals surface area contributed by atoms with Crippen molar-refractivity contribution in [3.05, 3.63) is 127 Å². The van der Waals surface area contributed by atoms with Gasteiger partial charge in [0.2, 0.25) is 5.88 Å². The molecular weight excluding hydrogens is 816 g/mol. The first-order valence-corrected chi connectivity index (χ1v) is 17.4. The number of pyridine rings is 1. The van der Waals surface area contributed by atoms with Gasteiger partial charge in [0.1, 0.15) is 5.82 Å². The van der Waals surface area contributed by atoms with Crippen molar-refractivity contribution < 1.29 is 35.3 Å². The van der Waals surface area contributed by atoms with Gasteiger partial charge in [-0.25, -0.2) is 4.98 Å². The summed E-state index contributed by atoms with van der Waals surface area (Å²) in [6.45, 7) is 8.24. The Labute approximate surface area is 313 Å². The van der Waals surface area contributed by atoms with Gasteiger partial charge in [-0.3, -0.25) is 4.68 Å². The molecule has 3 aromatic heterocycles. The van der Waals surface area contributed by atoms with E-state index in [-0.39, 0.29) is 33.5 Å². The maximum Gasteiger partial charge on any atom is 2.00 e. The second-order valence-electron chi connectivity index (χ2n) is 14.0. The van der Waals surface area contributed by atoms with E-state index in [1.54, 1.807) is 0 Å². The van der Waals surface area contributed by atoms with Crippen molar-refractivity contribution in [3.63, 3.8) is 0 Å². The molecule has 1 saturated carbocycles. The van der Waals surface area contributed by atoms with Crippen LogP contribution in [0.3, 0.4) is 0 Å². The molecule has 4 aromatic carbocycles. The van der Waals surface area contributed by atoms with E-state index in [2.05, 4.69) is 84.3 Å². The van der Waals surface area contributed by atoms with Crippen molar-refractivity contribution in [2.45, 2.75) is 64.9 Å². The zero-order valence-corrected chi connectivity index (χ0v) is 31.5. The summed E-state index contributed by atoms with van der Waals surface area (Å²) in [4.78, 5) is 4.71. The van der Waals surface area contributed by atoms with E-state index < -0.39 is 0 Å². The first kappa shape index (κ1) is 34.7. The molecule has 0 spiro atoms. The summed E-state index contributed by atoms with van der Waals surface area (Å²) < 4.78 is 22.9. The number of hydrogen-bond acceptors (Lipinski definition) is 5. The predicted octanol–water partition coefficient (Wildman–Crippen LogP) is 10.5. The Morgan fingerprint density at radius 2 is 1.59 bits per heavy atom. The van der Waals surface area contributed by atoms with Gasteiger partial charge in [-0.15, -0.1) is 40.8 Å². The van der Waals surface area contributed by atoms with Crippen molar-refractivity contribution in [2.24, 2.45) is 0 Å². The summed E-state index contributed by atoms with van der Waals surface area (Å²) in [7, 11) is 0. The summed E-state index contributed by atoms with van der Waals surface area (Å²) in [5, 5.41) is 7.32. The maximum atomic E-state index is 6.51. The normalized spacial score (nSPS) is 13.5. The average Bonchev–Trinajstić information content (AvgIpc) is 3.85. The Balaban J connectivity index is 0.00000406. The fourth-order valence-corrected chi connectivity index (χ4v) is 6.96. The molecule has 0 unspecified atom stereocenters. The van der Waals surface area contributed by atoms with Gasteiger partial charge in [-0.05, 0) is 80.9 Å². The molecule has 8 rings (SSSR count). The van der Waals surface area contributed by atoms with Crippen LogP contribution in [0.15, 0.2) is 103 Å². The van der Waals surface area contributed by atoms with Crippen LogP contribution in [0, 0.1) is 19.1 Å². The molecule has 1 aliphatic carbocycles. The number of hydrogen-bond donors (Lipinski definition) is 0. The van der Waals surface area contributed by atoms with Crippen molar-refractivity contribution >= 4 is 21.8 Å². The van der Waals surface area contributed by atoms with Crippen LogP contribution >= 0.6 is 0 Å². The van der Waals surface area contributed by atoms with Gasteiger partial charge in [-0.1, -0.05) is 66.9 Å². The molecule has 0 atom stereocenters. The smallest absolute Gasteiger partial charge is 0.509 e. The first-order chi connectivity index (χ1) is 24.3. The molecule has 0 bridgehead atoms. The molecule has 1 aliphatic rings. The van der Waals surface area contributed by atoms with Gasteiger partial charge in [0.15, 0.2) is 6.79 Å². The van der Waals surface area contributed by atoms with Crippen molar-refractivity contribution in [1.29, 1.82) is 0 Å². The quantitative estimate of drug-likeness (QED) is 0.107. The van der Waals surface area contributed by atoms with Gasteiger partial charge >= 0.3 is 21.1 Å². The Hall–Kier alpha value is -4.71. The second kappa shape index (κ2) is 14.5. The van der Waals surface area contributed by atoms with Crippen LogP contribution in [0.2, 0.25) is 0 Å². The van der Waals surface area contributed by atoms with E-state index in [4.69, 9.17) is 24.3 Å². The zero-order valence-electron chi connectivity index (χ0n) is 29.3. The van der Waals surface area contributed by atoms with Gasteiger partial charge in [-0.2, -0.15) is 12.1 Å². The van der Waals surface area contributed by atoms with E-state index in [1.165, 1.54) is 12.8 Å². The molecule has 0 amide bonds. The number of para-hydroxylation sites is 1. The second-order valence-corrected chi connectivity index (χ2v) is 14.0. The molecule has 0 N–H and O–H groups in total. The monoisotopic (exact) mass is 855 g/mol. The third kappa shape index (κ3) is 7.11. The Morgan fingerprint density at radius 3 is 2.37 bits per heavy atom. The SMILES string of the molecule is Cc1ccnc(-n2c3[c-]c(Oc4[c-]c(-n5nc(OCOC(C)(C)C)c(-c6ccccc6)c5C5CCCC5)ccc4)ccc3c3ccccc32)c1.[Pt+2]. The maximum absolute atomic E-state index is 6.51. The Kier molecular flexibility index (Phi) is 9.87. The van der Waals surface area contributed by atoms with E-state index in [9.17, 15) is 0 Å². The number of ether oxygens (including phenoxy) is 3. The molecule has 7 nitrogen and oxygen atoms in total. The average molecular weight is 856 g/mol. The molecule has 7 aromatic rings. The minimum absolute atomic E-state index is 0. The topological polar surface area (TPSA) is 63.3 Å². The number of nitrogens with zero attached hydrogens (tertiary/aromatic N) is 4.